The van der Waals surface area contributed by atoms with E-state index in [9.17, 15) is 13.2 Å². The standard InChI is InChI=1S/C24H33N7O7S2/c1-13(14(2)20-15(3)31(24(20,4)5)38-40(33,34)35)10-18(32)21(17-12-39-23(27)29-17)30-37-9-8-36-19-11-16(22(25)26)6-7-28-19/h6-7,11-14,20H,3,8-10H2,1-2,4-5H3,(H3,25,26)(H2,27,29)(H,33,34,35). The third-order valence-electron chi connectivity index (χ3n) is 6.66. The van der Waals surface area contributed by atoms with Crippen LogP contribution in [0.3, 0.4) is 0 Å². The van der Waals surface area contributed by atoms with Crippen LogP contribution in [0.15, 0.2) is 41.1 Å². The largest absolute Gasteiger partial charge is 0.474 e. The highest BCUT2D eigenvalue weighted by atomic mass is 32.3. The highest BCUT2D eigenvalue weighted by Gasteiger charge is 2.55. The van der Waals surface area contributed by atoms with Gasteiger partial charge in [-0.1, -0.05) is 25.6 Å². The molecule has 14 nitrogen and oxygen atoms in total. The number of pyridine rings is 1. The summed E-state index contributed by atoms with van der Waals surface area (Å²) in [4.78, 5) is 26.9. The molecular weight excluding hydrogens is 562 g/mol. The van der Waals surface area contributed by atoms with Crippen LogP contribution in [0.4, 0.5) is 5.13 Å². The number of carbonyl (C=O) groups is 1. The fraction of sp³-hybridized carbons (Fsp3) is 0.458. The van der Waals surface area contributed by atoms with Gasteiger partial charge in [0.25, 0.3) is 0 Å². The number of nitrogens with two attached hydrogens (primary N) is 2. The van der Waals surface area contributed by atoms with E-state index in [1.54, 1.807) is 25.3 Å². The number of nitrogens with zero attached hydrogens (tertiary/aromatic N) is 4. The Morgan fingerprint density at radius 2 is 2.08 bits per heavy atom. The summed E-state index contributed by atoms with van der Waals surface area (Å²) in [5.74, 6) is -0.720. The number of anilines is 1. The number of nitrogen functional groups attached to an aromatic ring is 2. The first-order chi connectivity index (χ1) is 18.6. The SMILES string of the molecule is C=C1C(C(C)C(C)CC(=O)C(=NOCCOc2cc(C(=N)N)ccn2)c2csc(N)n2)C(C)(C)N1OS(=O)(=O)O. The number of ketones is 1. The van der Waals surface area contributed by atoms with Gasteiger partial charge in [-0.05, 0) is 31.7 Å². The van der Waals surface area contributed by atoms with E-state index >= 15 is 0 Å². The summed E-state index contributed by atoms with van der Waals surface area (Å²) in [6.07, 6.45) is 1.55. The third-order valence-corrected chi connectivity index (χ3v) is 7.67. The van der Waals surface area contributed by atoms with Gasteiger partial charge in [0.2, 0.25) is 5.88 Å². The minimum absolute atomic E-state index is 0.00593. The smallest absolute Gasteiger partial charge is 0.418 e. The van der Waals surface area contributed by atoms with E-state index in [1.165, 1.54) is 12.3 Å². The van der Waals surface area contributed by atoms with Crippen LogP contribution in [0.5, 0.6) is 5.88 Å². The number of thiazole rings is 1. The molecule has 16 heteroatoms. The summed E-state index contributed by atoms with van der Waals surface area (Å²) in [7, 11) is -4.71. The number of amidine groups is 1. The summed E-state index contributed by atoms with van der Waals surface area (Å²) in [5.41, 5.74) is 11.6. The number of oxime groups is 1. The topological polar surface area (TPSA) is 216 Å². The van der Waals surface area contributed by atoms with Gasteiger partial charge in [-0.25, -0.2) is 15.0 Å². The van der Waals surface area contributed by atoms with Gasteiger partial charge in [0, 0.05) is 41.2 Å². The van der Waals surface area contributed by atoms with E-state index in [1.807, 2.05) is 13.8 Å². The number of nitrogens with one attached hydrogen (secondary N) is 1. The third kappa shape index (κ3) is 7.32. The second-order valence-electron chi connectivity index (χ2n) is 9.87. The number of rotatable bonds is 14. The van der Waals surface area contributed by atoms with Crippen molar-refractivity contribution in [3.05, 3.63) is 47.2 Å². The van der Waals surface area contributed by atoms with E-state index in [0.717, 1.165) is 16.4 Å². The van der Waals surface area contributed by atoms with Crippen LogP contribution in [0.25, 0.3) is 0 Å². The molecule has 0 radical (unpaired) electrons. The highest BCUT2D eigenvalue weighted by molar-refractivity contribution is 7.80. The quantitative estimate of drug-likeness (QED) is 0.0814. The predicted octanol–water partition coefficient (Wildman–Crippen LogP) is 2.39. The summed E-state index contributed by atoms with van der Waals surface area (Å²) < 4.78 is 41.7. The summed E-state index contributed by atoms with van der Waals surface area (Å²) in [6.45, 7) is 11.3. The zero-order valence-electron chi connectivity index (χ0n) is 22.5. The summed E-state index contributed by atoms with van der Waals surface area (Å²) >= 11 is 1.16. The lowest BCUT2D eigenvalue weighted by molar-refractivity contribution is -0.203. The van der Waals surface area contributed by atoms with E-state index in [2.05, 4.69) is 26.0 Å². The number of aromatic nitrogens is 2. The number of carbonyl (C=O) groups excluding carboxylic acids is 1. The summed E-state index contributed by atoms with van der Waals surface area (Å²) in [6, 6.07) is 3.10. The number of ether oxygens (including phenoxy) is 1. The van der Waals surface area contributed by atoms with Crippen LogP contribution < -0.4 is 16.2 Å². The molecule has 1 aliphatic heterocycles. The average molecular weight is 596 g/mol. The van der Waals surface area contributed by atoms with E-state index in [0.29, 0.717) is 11.3 Å². The first kappa shape index (κ1) is 30.9. The van der Waals surface area contributed by atoms with Crippen molar-refractivity contribution in [2.24, 2.45) is 28.6 Å². The lowest BCUT2D eigenvalue weighted by Gasteiger charge is -2.58. The molecule has 2 aromatic heterocycles. The zero-order valence-corrected chi connectivity index (χ0v) is 24.2. The van der Waals surface area contributed by atoms with Crippen molar-refractivity contribution in [3.8, 4) is 5.88 Å². The van der Waals surface area contributed by atoms with Crippen LogP contribution in [0, 0.1) is 23.2 Å². The molecule has 3 unspecified atom stereocenters. The molecule has 0 amide bonds. The molecule has 3 heterocycles. The molecule has 0 aliphatic carbocycles. The Bertz CT molecular complexity index is 1410. The van der Waals surface area contributed by atoms with Gasteiger partial charge in [0.05, 0.1) is 5.54 Å². The predicted molar refractivity (Wildman–Crippen MR) is 149 cm³/mol. The average Bonchev–Trinajstić information content (AvgIpc) is 3.29. The maximum Gasteiger partial charge on any atom is 0.418 e. The van der Waals surface area contributed by atoms with Crippen molar-refractivity contribution >= 4 is 44.2 Å². The summed E-state index contributed by atoms with van der Waals surface area (Å²) in [5, 5.41) is 14.5. The van der Waals surface area contributed by atoms with Gasteiger partial charge in [-0.3, -0.25) is 14.8 Å². The van der Waals surface area contributed by atoms with Crippen molar-refractivity contribution in [1.29, 1.82) is 5.41 Å². The van der Waals surface area contributed by atoms with Gasteiger partial charge >= 0.3 is 10.4 Å². The Balaban J connectivity index is 1.64. The fourth-order valence-electron chi connectivity index (χ4n) is 4.64. The highest BCUT2D eigenvalue weighted by Crippen LogP contribution is 2.51. The molecule has 0 aromatic carbocycles. The van der Waals surface area contributed by atoms with Crippen LogP contribution in [-0.2, 0) is 24.3 Å². The van der Waals surface area contributed by atoms with E-state index in [4.69, 9.17) is 31.0 Å². The maximum absolute atomic E-state index is 13.3. The molecule has 3 rings (SSSR count). The first-order valence-corrected chi connectivity index (χ1v) is 14.4. The van der Waals surface area contributed by atoms with Gasteiger partial charge in [0.1, 0.15) is 18.1 Å². The molecular formula is C24H33N7O7S2. The molecule has 1 fully saturated rings. The minimum Gasteiger partial charge on any atom is -0.474 e. The van der Waals surface area contributed by atoms with Gasteiger partial charge in [0.15, 0.2) is 23.2 Å². The van der Waals surface area contributed by atoms with Crippen molar-refractivity contribution in [3.63, 3.8) is 0 Å². The zero-order chi connectivity index (χ0) is 29.8. The maximum atomic E-state index is 13.3. The van der Waals surface area contributed by atoms with Gasteiger partial charge in [-0.2, -0.15) is 8.42 Å². The van der Waals surface area contributed by atoms with Crippen molar-refractivity contribution < 1.29 is 31.6 Å². The lowest BCUT2D eigenvalue weighted by Crippen LogP contribution is -2.64. The van der Waals surface area contributed by atoms with Crippen molar-refractivity contribution in [2.75, 3.05) is 18.9 Å². The van der Waals surface area contributed by atoms with Crippen molar-refractivity contribution in [2.45, 2.75) is 39.7 Å². The first-order valence-electron chi connectivity index (χ1n) is 12.2. The Kier molecular flexibility index (Phi) is 9.50. The second-order valence-corrected chi connectivity index (χ2v) is 11.8. The van der Waals surface area contributed by atoms with Crippen LogP contribution in [0.1, 0.15) is 45.4 Å². The molecule has 0 saturated carbocycles. The lowest BCUT2D eigenvalue weighted by atomic mass is 9.65. The number of hydrogen-bond acceptors (Lipinski definition) is 13. The molecule has 1 saturated heterocycles. The number of hydroxylamine groups is 2. The number of hydrogen-bond donors (Lipinski definition) is 4. The molecule has 3 atom stereocenters. The molecule has 40 heavy (non-hydrogen) atoms. The second kappa shape index (κ2) is 12.3. The van der Waals surface area contributed by atoms with E-state index in [-0.39, 0.29) is 71.4 Å². The normalized spacial score (nSPS) is 18.5. The molecule has 0 spiro atoms. The molecule has 1 aliphatic rings. The minimum atomic E-state index is -4.71. The Morgan fingerprint density at radius 1 is 1.38 bits per heavy atom. The Hall–Kier alpha value is -3.60. The van der Waals surface area contributed by atoms with Gasteiger partial charge < -0.3 is 21.0 Å². The van der Waals surface area contributed by atoms with Crippen LogP contribution >= 0.6 is 11.3 Å². The molecule has 2 aromatic rings. The number of Topliss-reactive ketones (excluding diaryl/α,β-unsaturated/α-hetero) is 1. The van der Waals surface area contributed by atoms with Crippen molar-refractivity contribution in [1.82, 2.24) is 15.0 Å². The monoisotopic (exact) mass is 595 g/mol. The fourth-order valence-corrected chi connectivity index (χ4v) is 5.66. The Morgan fingerprint density at radius 3 is 2.65 bits per heavy atom. The van der Waals surface area contributed by atoms with Gasteiger partial charge in [-0.15, -0.1) is 15.6 Å². The van der Waals surface area contributed by atoms with Crippen LogP contribution in [0.2, 0.25) is 0 Å². The van der Waals surface area contributed by atoms with Crippen LogP contribution in [-0.4, -0.2) is 64.1 Å². The van der Waals surface area contributed by atoms with E-state index < -0.39 is 15.9 Å². The molecule has 0 bridgehead atoms. The Labute approximate surface area is 236 Å². The molecule has 6 N–H and O–H groups in total. The molecule has 218 valence electrons.